The third-order valence-corrected chi connectivity index (χ3v) is 5.42. The van der Waals surface area contributed by atoms with Gasteiger partial charge >= 0.3 is 0 Å². The van der Waals surface area contributed by atoms with Gasteiger partial charge < -0.3 is 25.4 Å². The van der Waals surface area contributed by atoms with E-state index in [0.717, 1.165) is 42.6 Å². The normalized spacial score (nSPS) is 12.8. The first-order chi connectivity index (χ1) is 15.2. The highest BCUT2D eigenvalue weighted by Gasteiger charge is 2.19. The van der Waals surface area contributed by atoms with Crippen molar-refractivity contribution < 1.29 is 10.2 Å². The molecule has 3 rings (SSSR count). The van der Waals surface area contributed by atoms with Crippen LogP contribution in [0, 0.1) is 6.92 Å². The Labute approximate surface area is 190 Å². The molecule has 2 aromatic heterocycles. The quantitative estimate of drug-likeness (QED) is 0.323. The summed E-state index contributed by atoms with van der Waals surface area (Å²) in [5.74, 6) is 1.39. The fourth-order valence-electron chi connectivity index (χ4n) is 3.89. The Kier molecular flexibility index (Phi) is 7.56. The molecule has 3 aromatic rings. The maximum atomic E-state index is 10.4. The van der Waals surface area contributed by atoms with Gasteiger partial charge in [0.05, 0.1) is 11.9 Å². The van der Waals surface area contributed by atoms with E-state index in [2.05, 4.69) is 32.1 Å². The molecule has 174 valence electrons. The first kappa shape index (κ1) is 23.8. The molecule has 0 spiro atoms. The van der Waals surface area contributed by atoms with Crippen LogP contribution in [0.5, 0.6) is 5.75 Å². The Morgan fingerprint density at radius 3 is 2.69 bits per heavy atom. The Morgan fingerprint density at radius 1 is 1.19 bits per heavy atom. The van der Waals surface area contributed by atoms with Crippen molar-refractivity contribution in [3.63, 3.8) is 0 Å². The Balaban J connectivity index is 1.90. The summed E-state index contributed by atoms with van der Waals surface area (Å²) in [6.45, 7) is 10.9. The number of imidazole rings is 1. The molecule has 0 radical (unpaired) electrons. The molecule has 0 saturated heterocycles. The monoisotopic (exact) mass is 440 g/mol. The number of benzene rings is 1. The number of hydrogen-bond donors (Lipinski definition) is 4. The van der Waals surface area contributed by atoms with Gasteiger partial charge in [-0.2, -0.15) is 9.97 Å². The summed E-state index contributed by atoms with van der Waals surface area (Å²) in [5.41, 5.74) is 2.31. The lowest BCUT2D eigenvalue weighted by Crippen LogP contribution is -2.29. The summed E-state index contributed by atoms with van der Waals surface area (Å²) in [5, 5.41) is 27.2. The maximum absolute atomic E-state index is 10.4. The number of aromatic nitrogens is 4. The summed E-state index contributed by atoms with van der Waals surface area (Å²) in [6.07, 6.45) is 5.73. The fourth-order valence-corrected chi connectivity index (χ4v) is 3.89. The Hall–Kier alpha value is -2.87. The van der Waals surface area contributed by atoms with Crippen LogP contribution >= 0.6 is 0 Å². The zero-order valence-corrected chi connectivity index (χ0v) is 19.8. The molecular weight excluding hydrogens is 404 g/mol. The largest absolute Gasteiger partial charge is 0.507 e. The van der Waals surface area contributed by atoms with Gasteiger partial charge in [-0.1, -0.05) is 38.0 Å². The van der Waals surface area contributed by atoms with Crippen LogP contribution < -0.4 is 10.6 Å². The second-order valence-electron chi connectivity index (χ2n) is 9.21. The molecule has 0 fully saturated rings. The van der Waals surface area contributed by atoms with Crippen LogP contribution in [0.25, 0.3) is 11.2 Å². The number of aryl methyl sites for hydroxylation is 2. The lowest BCUT2D eigenvalue weighted by Gasteiger charge is -2.23. The lowest BCUT2D eigenvalue weighted by atomic mass is 10.0. The highest BCUT2D eigenvalue weighted by molar-refractivity contribution is 5.84. The van der Waals surface area contributed by atoms with Crippen molar-refractivity contribution in [3.05, 3.63) is 35.7 Å². The average molecular weight is 441 g/mol. The molecular formula is C24H36N6O2. The molecule has 8 nitrogen and oxygen atoms in total. The molecule has 2 heterocycles. The predicted molar refractivity (Wildman–Crippen MR) is 129 cm³/mol. The van der Waals surface area contributed by atoms with Crippen molar-refractivity contribution >= 4 is 22.9 Å². The summed E-state index contributed by atoms with van der Waals surface area (Å²) in [4.78, 5) is 14.0. The number of phenolic OH excluding ortho intramolecular Hbond substituents is 1. The molecule has 0 amide bonds. The molecule has 0 bridgehead atoms. The van der Waals surface area contributed by atoms with Crippen LogP contribution in [0.3, 0.4) is 0 Å². The van der Waals surface area contributed by atoms with Gasteiger partial charge in [-0.25, -0.2) is 4.98 Å². The van der Waals surface area contributed by atoms with Crippen LogP contribution in [0.15, 0.2) is 24.5 Å². The van der Waals surface area contributed by atoms with Gasteiger partial charge in [0.2, 0.25) is 5.95 Å². The Bertz CT molecular complexity index is 1040. The predicted octanol–water partition coefficient (Wildman–Crippen LogP) is 4.60. The van der Waals surface area contributed by atoms with E-state index in [-0.39, 0.29) is 11.8 Å². The summed E-state index contributed by atoms with van der Waals surface area (Å²) in [7, 11) is 0. The smallest absolute Gasteiger partial charge is 0.226 e. The second-order valence-corrected chi connectivity index (χ2v) is 9.21. The molecule has 32 heavy (non-hydrogen) atoms. The van der Waals surface area contributed by atoms with Crippen molar-refractivity contribution in [2.75, 3.05) is 10.6 Å². The first-order valence-corrected chi connectivity index (χ1v) is 11.4. The number of nitrogens with zero attached hydrogens (tertiary/aromatic N) is 4. The van der Waals surface area contributed by atoms with E-state index in [0.29, 0.717) is 30.2 Å². The number of aliphatic hydroxyl groups is 1. The van der Waals surface area contributed by atoms with Crippen molar-refractivity contribution in [1.29, 1.82) is 0 Å². The van der Waals surface area contributed by atoms with Gasteiger partial charge in [-0.05, 0) is 46.1 Å². The minimum atomic E-state index is -0.789. The SMILES string of the molecule is CCCCCn1cnc2c(NCc3cccc(C)c3O)nc(NC(C)CC(C)(C)O)nc21. The standard InChI is InChI=1S/C24H36N6O2/c1-6-7-8-12-30-15-26-19-21(25-14-18-11-9-10-16(2)20(18)31)28-23(29-22(19)30)27-17(3)13-24(4,5)32/h9-11,15,17,31-32H,6-8,12-14H2,1-5H3,(H2,25,27,28,29). The summed E-state index contributed by atoms with van der Waals surface area (Å²) < 4.78 is 2.06. The van der Waals surface area contributed by atoms with E-state index in [1.165, 1.54) is 0 Å². The van der Waals surface area contributed by atoms with E-state index in [1.54, 1.807) is 13.8 Å². The zero-order chi connectivity index (χ0) is 23.3. The number of fused-ring (bicyclic) bond motifs is 1. The number of nitrogens with one attached hydrogen (secondary N) is 2. The van der Waals surface area contributed by atoms with E-state index >= 15 is 0 Å². The van der Waals surface area contributed by atoms with Crippen LogP contribution in [-0.2, 0) is 13.1 Å². The van der Waals surface area contributed by atoms with Crippen LogP contribution in [-0.4, -0.2) is 41.4 Å². The van der Waals surface area contributed by atoms with Gasteiger partial charge in [-0.3, -0.25) is 0 Å². The van der Waals surface area contributed by atoms with Gasteiger partial charge in [-0.15, -0.1) is 0 Å². The van der Waals surface area contributed by atoms with Crippen LogP contribution in [0.2, 0.25) is 0 Å². The molecule has 0 aliphatic heterocycles. The van der Waals surface area contributed by atoms with Crippen molar-refractivity contribution in [2.24, 2.45) is 0 Å². The van der Waals surface area contributed by atoms with E-state index in [9.17, 15) is 10.2 Å². The number of hydrogen-bond acceptors (Lipinski definition) is 7. The van der Waals surface area contributed by atoms with Crippen LogP contribution in [0.1, 0.15) is 64.5 Å². The number of aromatic hydroxyl groups is 1. The fraction of sp³-hybridized carbons (Fsp3) is 0.542. The zero-order valence-electron chi connectivity index (χ0n) is 19.8. The van der Waals surface area contributed by atoms with Crippen molar-refractivity contribution in [2.45, 2.75) is 85.0 Å². The molecule has 0 aliphatic carbocycles. The second kappa shape index (κ2) is 10.2. The third kappa shape index (κ3) is 6.09. The summed E-state index contributed by atoms with van der Waals surface area (Å²) >= 11 is 0. The van der Waals surface area contributed by atoms with Gasteiger partial charge in [0.25, 0.3) is 0 Å². The molecule has 8 heteroatoms. The van der Waals surface area contributed by atoms with Gasteiger partial charge in [0, 0.05) is 24.7 Å². The van der Waals surface area contributed by atoms with E-state index < -0.39 is 5.60 Å². The highest BCUT2D eigenvalue weighted by Crippen LogP contribution is 2.26. The maximum Gasteiger partial charge on any atom is 0.226 e. The lowest BCUT2D eigenvalue weighted by molar-refractivity contribution is 0.0672. The minimum absolute atomic E-state index is 0.0161. The molecule has 0 saturated carbocycles. The number of para-hydroxylation sites is 1. The first-order valence-electron chi connectivity index (χ1n) is 11.4. The minimum Gasteiger partial charge on any atom is -0.507 e. The van der Waals surface area contributed by atoms with Crippen molar-refractivity contribution in [1.82, 2.24) is 19.5 Å². The third-order valence-electron chi connectivity index (χ3n) is 5.42. The van der Waals surface area contributed by atoms with Gasteiger partial charge in [0.1, 0.15) is 5.75 Å². The highest BCUT2D eigenvalue weighted by atomic mass is 16.3. The Morgan fingerprint density at radius 2 is 1.97 bits per heavy atom. The average Bonchev–Trinajstić information content (AvgIpc) is 3.11. The van der Waals surface area contributed by atoms with E-state index in [4.69, 9.17) is 4.98 Å². The number of rotatable bonds is 11. The summed E-state index contributed by atoms with van der Waals surface area (Å²) in [6, 6.07) is 5.68. The van der Waals surface area contributed by atoms with Crippen molar-refractivity contribution in [3.8, 4) is 5.75 Å². The molecule has 0 aliphatic rings. The van der Waals surface area contributed by atoms with Gasteiger partial charge in [0.15, 0.2) is 17.0 Å². The molecule has 4 N–H and O–H groups in total. The molecule has 1 aromatic carbocycles. The van der Waals surface area contributed by atoms with Crippen LogP contribution in [0.4, 0.5) is 11.8 Å². The number of unbranched alkanes of at least 4 members (excludes halogenated alkanes) is 2. The topological polar surface area (TPSA) is 108 Å². The van der Waals surface area contributed by atoms with E-state index in [1.807, 2.05) is 38.4 Å². The number of anilines is 2. The number of phenols is 1. The molecule has 1 unspecified atom stereocenters. The molecule has 1 atom stereocenters.